The molecule has 2 rings (SSSR count). The van der Waals surface area contributed by atoms with Crippen molar-refractivity contribution in [2.75, 3.05) is 14.2 Å². The van der Waals surface area contributed by atoms with Crippen molar-refractivity contribution in [2.24, 2.45) is 0 Å². The second kappa shape index (κ2) is 6.28. The Kier molecular flexibility index (Phi) is 4.88. The molecule has 1 aromatic carbocycles. The van der Waals surface area contributed by atoms with Gasteiger partial charge in [0.1, 0.15) is 0 Å². The first-order valence-electron chi connectivity index (χ1n) is 5.70. The van der Waals surface area contributed by atoms with E-state index in [2.05, 4.69) is 31.9 Å². The van der Waals surface area contributed by atoms with Gasteiger partial charge in [0.15, 0.2) is 11.5 Å². The average molecular weight is 420 g/mol. The molecule has 0 saturated carbocycles. The van der Waals surface area contributed by atoms with E-state index >= 15 is 0 Å². The molecule has 0 atom stereocenters. The molecule has 1 aromatic heterocycles. The Hall–Kier alpha value is -0.850. The van der Waals surface area contributed by atoms with Crippen LogP contribution in [0.1, 0.15) is 20.8 Å². The highest BCUT2D eigenvalue weighted by Crippen LogP contribution is 2.36. The second-order valence-electron chi connectivity index (χ2n) is 4.08. The molecule has 0 spiro atoms. The van der Waals surface area contributed by atoms with Crippen molar-refractivity contribution in [2.45, 2.75) is 6.92 Å². The van der Waals surface area contributed by atoms with Crippen LogP contribution in [0.2, 0.25) is 0 Å². The molecule has 1 heterocycles. The summed E-state index contributed by atoms with van der Waals surface area (Å²) in [4.78, 5) is 13.2. The van der Waals surface area contributed by atoms with Crippen LogP contribution in [-0.4, -0.2) is 20.0 Å². The highest BCUT2D eigenvalue weighted by molar-refractivity contribution is 9.11. The summed E-state index contributed by atoms with van der Waals surface area (Å²) in [6, 6.07) is 5.30. The number of methoxy groups -OCH3 is 2. The highest BCUT2D eigenvalue weighted by Gasteiger charge is 2.19. The third kappa shape index (κ3) is 2.92. The molecule has 3 nitrogen and oxygen atoms in total. The van der Waals surface area contributed by atoms with Gasteiger partial charge in [-0.15, -0.1) is 11.3 Å². The smallest absolute Gasteiger partial charge is 0.204 e. The molecular formula is C14H12Br2O3S. The van der Waals surface area contributed by atoms with Crippen LogP contribution in [0.25, 0.3) is 0 Å². The van der Waals surface area contributed by atoms with E-state index in [0.29, 0.717) is 26.4 Å². The second-order valence-corrected chi connectivity index (χ2v) is 7.31. The zero-order valence-corrected chi connectivity index (χ0v) is 15.1. The highest BCUT2D eigenvalue weighted by atomic mass is 79.9. The van der Waals surface area contributed by atoms with Crippen LogP contribution >= 0.6 is 43.2 Å². The van der Waals surface area contributed by atoms with Crippen LogP contribution in [-0.2, 0) is 0 Å². The van der Waals surface area contributed by atoms with Crippen molar-refractivity contribution in [3.63, 3.8) is 0 Å². The van der Waals surface area contributed by atoms with Crippen molar-refractivity contribution in [1.82, 2.24) is 0 Å². The SMILES string of the molecule is COc1cc(Br)c(C(=O)c2cc(C)c(Br)s2)cc1OC. The summed E-state index contributed by atoms with van der Waals surface area (Å²) in [5.74, 6) is 1.07. The van der Waals surface area contributed by atoms with Gasteiger partial charge in [-0.25, -0.2) is 0 Å². The van der Waals surface area contributed by atoms with Crippen molar-refractivity contribution in [3.8, 4) is 11.5 Å². The van der Waals surface area contributed by atoms with Gasteiger partial charge in [-0.2, -0.15) is 0 Å². The Balaban J connectivity index is 2.49. The van der Waals surface area contributed by atoms with Gasteiger partial charge >= 0.3 is 0 Å². The van der Waals surface area contributed by atoms with Crippen LogP contribution in [0.15, 0.2) is 26.5 Å². The van der Waals surface area contributed by atoms with Crippen molar-refractivity contribution < 1.29 is 14.3 Å². The summed E-state index contributed by atoms with van der Waals surface area (Å²) in [5, 5.41) is 0. The Bertz CT molecular complexity index is 645. The summed E-state index contributed by atoms with van der Waals surface area (Å²) in [6.07, 6.45) is 0. The maximum atomic E-state index is 12.6. The van der Waals surface area contributed by atoms with Crippen molar-refractivity contribution in [3.05, 3.63) is 42.5 Å². The Morgan fingerprint density at radius 1 is 1.10 bits per heavy atom. The summed E-state index contributed by atoms with van der Waals surface area (Å²) in [7, 11) is 3.11. The molecule has 0 fully saturated rings. The molecule has 20 heavy (non-hydrogen) atoms. The number of aryl methyl sites for hydroxylation is 1. The number of hydrogen-bond acceptors (Lipinski definition) is 4. The number of halogens is 2. The van der Waals surface area contributed by atoms with Crippen molar-refractivity contribution >= 4 is 49.0 Å². The predicted molar refractivity (Wildman–Crippen MR) is 87.4 cm³/mol. The van der Waals surface area contributed by atoms with Gasteiger partial charge in [-0.3, -0.25) is 4.79 Å². The lowest BCUT2D eigenvalue weighted by atomic mass is 10.1. The fraction of sp³-hybridized carbons (Fsp3) is 0.214. The summed E-state index contributed by atoms with van der Waals surface area (Å²) in [5.41, 5.74) is 1.60. The molecule has 0 amide bonds. The van der Waals surface area contributed by atoms with Crippen molar-refractivity contribution in [1.29, 1.82) is 0 Å². The molecule has 0 radical (unpaired) electrons. The maximum Gasteiger partial charge on any atom is 0.204 e. The van der Waals surface area contributed by atoms with Gasteiger partial charge < -0.3 is 9.47 Å². The van der Waals surface area contributed by atoms with Crippen LogP contribution < -0.4 is 9.47 Å². The molecule has 106 valence electrons. The molecule has 6 heteroatoms. The minimum atomic E-state index is -0.0448. The number of carbonyl (C=O) groups excluding carboxylic acids is 1. The topological polar surface area (TPSA) is 35.5 Å². The van der Waals surface area contributed by atoms with Gasteiger partial charge in [-0.1, -0.05) is 0 Å². The molecule has 0 unspecified atom stereocenters. The molecule has 0 N–H and O–H groups in total. The summed E-state index contributed by atoms with van der Waals surface area (Å²) < 4.78 is 12.1. The summed E-state index contributed by atoms with van der Waals surface area (Å²) in [6.45, 7) is 1.96. The standard InChI is InChI=1S/C14H12Br2O3S/c1-7-4-12(20-14(7)16)13(17)8-5-10(18-2)11(19-3)6-9(8)15/h4-6H,1-3H3. The molecule has 0 bridgehead atoms. The van der Waals surface area contributed by atoms with E-state index in [9.17, 15) is 4.79 Å². The van der Waals surface area contributed by atoms with E-state index < -0.39 is 0 Å². The Labute approximate surface area is 138 Å². The van der Waals surface area contributed by atoms with Gasteiger partial charge in [0.05, 0.1) is 22.9 Å². The van der Waals surface area contributed by atoms with E-state index in [1.807, 2.05) is 13.0 Å². The lowest BCUT2D eigenvalue weighted by Crippen LogP contribution is -2.02. The van der Waals surface area contributed by atoms with Crippen LogP contribution in [0.3, 0.4) is 0 Å². The van der Waals surface area contributed by atoms with Crippen LogP contribution in [0.5, 0.6) is 11.5 Å². The maximum absolute atomic E-state index is 12.6. The first-order chi connectivity index (χ1) is 9.47. The fourth-order valence-electron chi connectivity index (χ4n) is 1.73. The van der Waals surface area contributed by atoms with Gasteiger partial charge in [0.25, 0.3) is 0 Å². The van der Waals surface area contributed by atoms with Gasteiger partial charge in [0, 0.05) is 10.0 Å². The zero-order valence-electron chi connectivity index (χ0n) is 11.1. The molecular weight excluding hydrogens is 408 g/mol. The normalized spacial score (nSPS) is 10.4. The third-order valence-electron chi connectivity index (χ3n) is 2.80. The van der Waals surface area contributed by atoms with Crippen LogP contribution in [0, 0.1) is 6.92 Å². The Morgan fingerprint density at radius 2 is 1.70 bits per heavy atom. The van der Waals surface area contributed by atoms with Gasteiger partial charge in [-0.05, 0) is 62.5 Å². The minimum Gasteiger partial charge on any atom is -0.493 e. The third-order valence-corrected chi connectivity index (χ3v) is 5.59. The number of benzene rings is 1. The zero-order chi connectivity index (χ0) is 14.9. The molecule has 2 aromatic rings. The Morgan fingerprint density at radius 3 is 2.20 bits per heavy atom. The average Bonchev–Trinajstić information content (AvgIpc) is 2.77. The molecule has 0 aliphatic rings. The molecule has 0 aliphatic carbocycles. The first kappa shape index (κ1) is 15.5. The molecule has 0 aliphatic heterocycles. The first-order valence-corrected chi connectivity index (χ1v) is 8.10. The van der Waals surface area contributed by atoms with E-state index in [0.717, 1.165) is 9.35 Å². The number of ketones is 1. The monoisotopic (exact) mass is 418 g/mol. The van der Waals surface area contributed by atoms with E-state index in [1.54, 1.807) is 26.4 Å². The number of carbonyl (C=O) groups is 1. The lowest BCUT2D eigenvalue weighted by molar-refractivity contribution is 0.104. The summed E-state index contributed by atoms with van der Waals surface area (Å²) >= 11 is 8.27. The predicted octanol–water partition coefficient (Wildman–Crippen LogP) is 4.83. The van der Waals surface area contributed by atoms with E-state index in [1.165, 1.54) is 11.3 Å². The molecule has 0 saturated heterocycles. The number of hydrogen-bond donors (Lipinski definition) is 0. The largest absolute Gasteiger partial charge is 0.493 e. The number of thiophene rings is 1. The van der Waals surface area contributed by atoms with Gasteiger partial charge in [0.2, 0.25) is 5.78 Å². The lowest BCUT2D eigenvalue weighted by Gasteiger charge is -2.10. The van der Waals surface area contributed by atoms with Crippen LogP contribution in [0.4, 0.5) is 0 Å². The minimum absolute atomic E-state index is 0.0448. The quantitative estimate of drug-likeness (QED) is 0.665. The van der Waals surface area contributed by atoms with E-state index in [-0.39, 0.29) is 5.78 Å². The number of rotatable bonds is 4. The number of ether oxygens (including phenoxy) is 2. The van der Waals surface area contributed by atoms with E-state index in [4.69, 9.17) is 9.47 Å². The fourth-order valence-corrected chi connectivity index (χ4v) is 3.72.